The second-order valence-electron chi connectivity index (χ2n) is 6.02. The van der Waals surface area contributed by atoms with Crippen LogP contribution in [0.15, 0.2) is 51.7 Å². The third-order valence-corrected chi connectivity index (χ3v) is 4.40. The first kappa shape index (κ1) is 16.3. The lowest BCUT2D eigenvalue weighted by Crippen LogP contribution is -2.80. The van der Waals surface area contributed by atoms with E-state index in [2.05, 4.69) is 17.4 Å². The van der Waals surface area contributed by atoms with Gasteiger partial charge in [0.2, 0.25) is 0 Å². The van der Waals surface area contributed by atoms with E-state index in [4.69, 9.17) is 9.15 Å². The predicted molar refractivity (Wildman–Crippen MR) is 94.3 cm³/mol. The maximum Gasteiger partial charge on any atom is 0.336 e. The van der Waals surface area contributed by atoms with E-state index >= 15 is 0 Å². The van der Waals surface area contributed by atoms with Crippen molar-refractivity contribution in [1.29, 1.82) is 0 Å². The lowest BCUT2D eigenvalue weighted by molar-refractivity contribution is -0.686. The third kappa shape index (κ3) is 3.34. The molecule has 0 saturated heterocycles. The SMILES string of the molecule is COc1cccc(C[NH2+]Cc2cc(=O)oc3c(C)c(C)ccc23)c1. The van der Waals surface area contributed by atoms with Gasteiger partial charge in [-0.15, -0.1) is 0 Å². The monoisotopic (exact) mass is 324 g/mol. The van der Waals surface area contributed by atoms with Gasteiger partial charge in [-0.25, -0.2) is 4.79 Å². The van der Waals surface area contributed by atoms with Crippen LogP contribution < -0.4 is 15.7 Å². The molecule has 24 heavy (non-hydrogen) atoms. The highest BCUT2D eigenvalue weighted by Gasteiger charge is 2.10. The Labute approximate surface area is 141 Å². The molecule has 124 valence electrons. The van der Waals surface area contributed by atoms with Gasteiger partial charge in [0.1, 0.15) is 24.4 Å². The summed E-state index contributed by atoms with van der Waals surface area (Å²) in [5.74, 6) is 0.859. The highest BCUT2D eigenvalue weighted by molar-refractivity contribution is 5.83. The number of nitrogens with two attached hydrogens (primary N) is 1. The average molecular weight is 324 g/mol. The fourth-order valence-electron chi connectivity index (χ4n) is 2.89. The molecule has 2 aromatic carbocycles. The molecule has 1 aromatic heterocycles. The Balaban J connectivity index is 1.82. The number of rotatable bonds is 5. The standard InChI is InChI=1S/C20H21NO3/c1-13-7-8-18-16(10-19(22)24-20(18)14(13)2)12-21-11-15-5-4-6-17(9-15)23-3/h4-10,21H,11-12H2,1-3H3/p+1. The first-order valence-electron chi connectivity index (χ1n) is 8.06. The number of hydrogen-bond acceptors (Lipinski definition) is 3. The number of methoxy groups -OCH3 is 1. The van der Waals surface area contributed by atoms with Crippen molar-refractivity contribution in [1.82, 2.24) is 0 Å². The molecule has 0 atom stereocenters. The maximum atomic E-state index is 11.9. The number of ether oxygens (including phenoxy) is 1. The Morgan fingerprint density at radius 2 is 1.92 bits per heavy atom. The molecule has 0 unspecified atom stereocenters. The molecule has 3 aromatic rings. The molecule has 0 spiro atoms. The smallest absolute Gasteiger partial charge is 0.336 e. The van der Waals surface area contributed by atoms with Gasteiger partial charge in [-0.1, -0.05) is 24.3 Å². The fourth-order valence-corrected chi connectivity index (χ4v) is 2.89. The van der Waals surface area contributed by atoms with Gasteiger partial charge in [-0.3, -0.25) is 0 Å². The molecule has 0 aliphatic carbocycles. The molecule has 0 fully saturated rings. The lowest BCUT2D eigenvalue weighted by Gasteiger charge is -2.09. The van der Waals surface area contributed by atoms with Crippen LogP contribution in [0.4, 0.5) is 0 Å². The van der Waals surface area contributed by atoms with Crippen LogP contribution in [-0.2, 0) is 13.1 Å². The zero-order valence-electron chi connectivity index (χ0n) is 14.3. The van der Waals surface area contributed by atoms with E-state index in [-0.39, 0.29) is 5.63 Å². The molecular formula is C20H22NO3+. The summed E-state index contributed by atoms with van der Waals surface area (Å²) >= 11 is 0. The van der Waals surface area contributed by atoms with Gasteiger partial charge in [0.15, 0.2) is 0 Å². The summed E-state index contributed by atoms with van der Waals surface area (Å²) in [6.07, 6.45) is 0. The van der Waals surface area contributed by atoms with Crippen LogP contribution in [0.5, 0.6) is 5.75 Å². The predicted octanol–water partition coefficient (Wildman–Crippen LogP) is 2.68. The minimum atomic E-state index is -0.291. The van der Waals surface area contributed by atoms with Crippen LogP contribution in [0.3, 0.4) is 0 Å². The summed E-state index contributed by atoms with van der Waals surface area (Å²) in [5, 5.41) is 3.19. The molecule has 4 nitrogen and oxygen atoms in total. The van der Waals surface area contributed by atoms with E-state index in [0.29, 0.717) is 5.58 Å². The zero-order valence-corrected chi connectivity index (χ0v) is 14.3. The zero-order chi connectivity index (χ0) is 17.1. The van der Waals surface area contributed by atoms with E-state index < -0.39 is 0 Å². The number of benzene rings is 2. The second-order valence-corrected chi connectivity index (χ2v) is 6.02. The van der Waals surface area contributed by atoms with E-state index in [1.54, 1.807) is 13.2 Å². The Bertz CT molecular complexity index is 928. The molecule has 0 bridgehead atoms. The van der Waals surface area contributed by atoms with Crippen LogP contribution >= 0.6 is 0 Å². The van der Waals surface area contributed by atoms with Crippen molar-refractivity contribution in [2.24, 2.45) is 0 Å². The molecule has 3 rings (SSSR count). The van der Waals surface area contributed by atoms with Crippen LogP contribution in [-0.4, -0.2) is 7.11 Å². The Morgan fingerprint density at radius 3 is 2.71 bits per heavy atom. The average Bonchev–Trinajstić information content (AvgIpc) is 2.58. The van der Waals surface area contributed by atoms with Gasteiger partial charge in [0, 0.05) is 22.6 Å². The van der Waals surface area contributed by atoms with Gasteiger partial charge in [0.05, 0.1) is 7.11 Å². The van der Waals surface area contributed by atoms with Gasteiger partial charge >= 0.3 is 5.63 Å². The molecule has 0 aliphatic heterocycles. The summed E-state index contributed by atoms with van der Waals surface area (Å²) in [7, 11) is 1.67. The second kappa shape index (κ2) is 6.89. The van der Waals surface area contributed by atoms with Crippen molar-refractivity contribution in [3.05, 3.63) is 75.1 Å². The number of aryl methyl sites for hydroxylation is 2. The number of fused-ring (bicyclic) bond motifs is 1. The summed E-state index contributed by atoms with van der Waals surface area (Å²) in [4.78, 5) is 11.9. The van der Waals surface area contributed by atoms with Crippen molar-refractivity contribution in [2.75, 3.05) is 7.11 Å². The van der Waals surface area contributed by atoms with Crippen molar-refractivity contribution in [2.45, 2.75) is 26.9 Å². The highest BCUT2D eigenvalue weighted by Crippen LogP contribution is 2.22. The van der Waals surface area contributed by atoms with E-state index in [1.165, 1.54) is 5.56 Å². The van der Waals surface area contributed by atoms with Gasteiger partial charge < -0.3 is 14.5 Å². The molecule has 0 amide bonds. The Hall–Kier alpha value is -2.59. The van der Waals surface area contributed by atoms with Crippen molar-refractivity contribution in [3.8, 4) is 5.75 Å². The van der Waals surface area contributed by atoms with Gasteiger partial charge in [0.25, 0.3) is 0 Å². The normalized spacial score (nSPS) is 11.0. The van der Waals surface area contributed by atoms with Gasteiger partial charge in [-0.2, -0.15) is 0 Å². The van der Waals surface area contributed by atoms with E-state index in [9.17, 15) is 4.79 Å². The quantitative estimate of drug-likeness (QED) is 0.734. The highest BCUT2D eigenvalue weighted by atomic mass is 16.5. The molecule has 2 N–H and O–H groups in total. The third-order valence-electron chi connectivity index (χ3n) is 4.40. The topological polar surface area (TPSA) is 56.0 Å². The van der Waals surface area contributed by atoms with Crippen molar-refractivity contribution >= 4 is 11.0 Å². The lowest BCUT2D eigenvalue weighted by atomic mass is 10.0. The van der Waals surface area contributed by atoms with Crippen LogP contribution in [0.2, 0.25) is 0 Å². The Morgan fingerprint density at radius 1 is 1.08 bits per heavy atom. The van der Waals surface area contributed by atoms with E-state index in [1.807, 2.05) is 38.1 Å². The molecule has 0 aliphatic rings. The molecule has 4 heteroatoms. The minimum absolute atomic E-state index is 0.291. The molecule has 0 radical (unpaired) electrons. The van der Waals surface area contributed by atoms with Crippen LogP contribution in [0.1, 0.15) is 22.3 Å². The summed E-state index contributed by atoms with van der Waals surface area (Å²) in [5.41, 5.74) is 4.76. The van der Waals surface area contributed by atoms with Gasteiger partial charge in [-0.05, 0) is 37.1 Å². The maximum absolute atomic E-state index is 11.9. The van der Waals surface area contributed by atoms with E-state index in [0.717, 1.165) is 40.9 Å². The van der Waals surface area contributed by atoms with Crippen LogP contribution in [0.25, 0.3) is 11.0 Å². The fraction of sp³-hybridized carbons (Fsp3) is 0.250. The summed E-state index contributed by atoms with van der Waals surface area (Å²) < 4.78 is 10.7. The molecular weight excluding hydrogens is 302 g/mol. The first-order valence-corrected chi connectivity index (χ1v) is 8.06. The number of quaternary nitrogens is 1. The first-order chi connectivity index (χ1) is 11.6. The van der Waals surface area contributed by atoms with Crippen LogP contribution in [0, 0.1) is 13.8 Å². The summed E-state index contributed by atoms with van der Waals surface area (Å²) in [6.45, 7) is 5.56. The molecule has 0 saturated carbocycles. The Kier molecular flexibility index (Phi) is 4.67. The number of hydrogen-bond donors (Lipinski definition) is 1. The summed E-state index contributed by atoms with van der Waals surface area (Å²) in [6, 6.07) is 13.7. The van der Waals surface area contributed by atoms with Crippen molar-refractivity contribution in [3.63, 3.8) is 0 Å². The van der Waals surface area contributed by atoms with Crippen molar-refractivity contribution < 1.29 is 14.5 Å². The molecule has 1 heterocycles. The minimum Gasteiger partial charge on any atom is -0.497 e. The largest absolute Gasteiger partial charge is 0.497 e.